The molecule has 1 unspecified atom stereocenters. The molecule has 0 fully saturated rings. The fraction of sp³-hybridized carbons (Fsp3) is 0.300. The summed E-state index contributed by atoms with van der Waals surface area (Å²) in [6, 6.07) is 8.39. The van der Waals surface area contributed by atoms with Crippen LogP contribution in [0.25, 0.3) is 0 Å². The van der Waals surface area contributed by atoms with E-state index in [2.05, 4.69) is 15.4 Å². The van der Waals surface area contributed by atoms with Crippen LogP contribution in [0.3, 0.4) is 0 Å². The number of carbonyl (C=O) groups is 2. The molecule has 2 N–H and O–H groups in total. The molecule has 0 bridgehead atoms. The van der Waals surface area contributed by atoms with E-state index < -0.39 is 24.5 Å². The fourth-order valence-corrected chi connectivity index (χ4v) is 2.95. The quantitative estimate of drug-likeness (QED) is 0.590. The first-order valence-corrected chi connectivity index (χ1v) is 9.62. The number of halogens is 4. The minimum absolute atomic E-state index is 0.0876. The van der Waals surface area contributed by atoms with E-state index in [0.29, 0.717) is 12.0 Å². The van der Waals surface area contributed by atoms with Crippen LogP contribution in [0.4, 0.5) is 8.78 Å². The third kappa shape index (κ3) is 6.47. The molecule has 0 aliphatic heterocycles. The highest BCUT2D eigenvalue weighted by molar-refractivity contribution is 6.43. The van der Waals surface area contributed by atoms with Crippen LogP contribution in [-0.2, 0) is 11.2 Å². The van der Waals surface area contributed by atoms with Gasteiger partial charge in [0.2, 0.25) is 5.91 Å². The van der Waals surface area contributed by atoms with Gasteiger partial charge in [-0.1, -0.05) is 35.3 Å². The number of methoxy groups -OCH3 is 1. The van der Waals surface area contributed by atoms with Gasteiger partial charge in [0.15, 0.2) is 11.5 Å². The van der Waals surface area contributed by atoms with E-state index in [1.165, 1.54) is 32.2 Å². The maximum absolute atomic E-state index is 12.5. The summed E-state index contributed by atoms with van der Waals surface area (Å²) < 4.78 is 34.4. The van der Waals surface area contributed by atoms with Crippen molar-refractivity contribution in [3.8, 4) is 11.5 Å². The lowest BCUT2D eigenvalue weighted by molar-refractivity contribution is -0.122. The second-order valence-electron chi connectivity index (χ2n) is 6.20. The molecule has 0 radical (unpaired) electrons. The first-order chi connectivity index (χ1) is 14.2. The highest BCUT2D eigenvalue weighted by Crippen LogP contribution is 2.29. The summed E-state index contributed by atoms with van der Waals surface area (Å²) in [6.45, 7) is -1.24. The van der Waals surface area contributed by atoms with E-state index in [9.17, 15) is 18.4 Å². The van der Waals surface area contributed by atoms with Crippen molar-refractivity contribution in [2.75, 3.05) is 13.7 Å². The summed E-state index contributed by atoms with van der Waals surface area (Å²) in [5.74, 6) is -0.859. The van der Waals surface area contributed by atoms with Gasteiger partial charge in [0.1, 0.15) is 6.04 Å². The molecule has 30 heavy (non-hydrogen) atoms. The molecule has 2 aromatic rings. The van der Waals surface area contributed by atoms with Gasteiger partial charge in [-0.3, -0.25) is 9.59 Å². The van der Waals surface area contributed by atoms with Gasteiger partial charge < -0.3 is 20.1 Å². The predicted molar refractivity (Wildman–Crippen MR) is 110 cm³/mol. The molecule has 0 saturated heterocycles. The molecule has 2 amide bonds. The number of alkyl halides is 2. The van der Waals surface area contributed by atoms with E-state index in [4.69, 9.17) is 27.9 Å². The number of rotatable bonds is 9. The normalized spacial score (nSPS) is 11.7. The molecule has 2 aromatic carbocycles. The number of carbonyl (C=O) groups excluding carboxylic acids is 2. The largest absolute Gasteiger partial charge is 0.493 e. The first kappa shape index (κ1) is 23.7. The first-order valence-electron chi connectivity index (χ1n) is 8.87. The molecular weight excluding hydrogens is 441 g/mol. The number of hydrogen-bond donors (Lipinski definition) is 2. The Labute approximate surface area is 182 Å². The van der Waals surface area contributed by atoms with Crippen LogP contribution in [0.15, 0.2) is 36.4 Å². The number of hydrogen-bond acceptors (Lipinski definition) is 4. The summed E-state index contributed by atoms with van der Waals surface area (Å²) >= 11 is 11.9. The Bertz CT molecular complexity index is 912. The molecule has 2 rings (SSSR count). The third-order valence-electron chi connectivity index (χ3n) is 4.09. The summed E-state index contributed by atoms with van der Waals surface area (Å²) in [6.07, 6.45) is 0.357. The van der Waals surface area contributed by atoms with Gasteiger partial charge >= 0.3 is 6.61 Å². The Balaban J connectivity index is 1.89. The van der Waals surface area contributed by atoms with Crippen LogP contribution in [0.1, 0.15) is 22.8 Å². The zero-order valence-corrected chi connectivity index (χ0v) is 17.7. The van der Waals surface area contributed by atoms with Gasteiger partial charge in [-0.05, 0) is 43.2 Å². The zero-order valence-electron chi connectivity index (χ0n) is 16.2. The van der Waals surface area contributed by atoms with E-state index >= 15 is 0 Å². The van der Waals surface area contributed by atoms with Crippen molar-refractivity contribution in [2.45, 2.75) is 26.0 Å². The summed E-state index contributed by atoms with van der Waals surface area (Å²) in [4.78, 5) is 24.5. The van der Waals surface area contributed by atoms with Crippen LogP contribution in [0, 0.1) is 0 Å². The maximum atomic E-state index is 12.5. The van der Waals surface area contributed by atoms with E-state index in [0.717, 1.165) is 0 Å². The second kappa shape index (κ2) is 11.0. The van der Waals surface area contributed by atoms with E-state index in [1.807, 2.05) is 0 Å². The highest BCUT2D eigenvalue weighted by Gasteiger charge is 2.19. The summed E-state index contributed by atoms with van der Waals surface area (Å²) in [7, 11) is 1.35. The topological polar surface area (TPSA) is 76.7 Å². The predicted octanol–water partition coefficient (Wildman–Crippen LogP) is 4.08. The molecule has 10 heteroatoms. The van der Waals surface area contributed by atoms with Gasteiger partial charge in [-0.2, -0.15) is 8.78 Å². The smallest absolute Gasteiger partial charge is 0.387 e. The van der Waals surface area contributed by atoms with Gasteiger partial charge in [-0.15, -0.1) is 0 Å². The Hall–Kier alpha value is -2.58. The lowest BCUT2D eigenvalue weighted by Gasteiger charge is -2.15. The third-order valence-corrected chi connectivity index (χ3v) is 4.91. The van der Waals surface area contributed by atoms with Crippen molar-refractivity contribution in [1.29, 1.82) is 0 Å². The Morgan fingerprint density at radius 3 is 2.53 bits per heavy atom. The minimum Gasteiger partial charge on any atom is -0.493 e. The van der Waals surface area contributed by atoms with Crippen molar-refractivity contribution in [3.63, 3.8) is 0 Å². The fourth-order valence-electron chi connectivity index (χ4n) is 2.57. The molecule has 6 nitrogen and oxygen atoms in total. The molecule has 0 aliphatic carbocycles. The highest BCUT2D eigenvalue weighted by atomic mass is 35.5. The van der Waals surface area contributed by atoms with Gasteiger partial charge in [-0.25, -0.2) is 0 Å². The molecular formula is C20H20Cl2F2N2O4. The van der Waals surface area contributed by atoms with Crippen LogP contribution < -0.4 is 20.1 Å². The summed E-state index contributed by atoms with van der Waals surface area (Å²) in [5, 5.41) is 5.55. The second-order valence-corrected chi connectivity index (χ2v) is 6.99. The molecule has 1 atom stereocenters. The van der Waals surface area contributed by atoms with Gasteiger partial charge in [0.05, 0.1) is 22.7 Å². The Morgan fingerprint density at radius 1 is 1.13 bits per heavy atom. The van der Waals surface area contributed by atoms with Crippen LogP contribution in [0.2, 0.25) is 10.0 Å². The van der Waals surface area contributed by atoms with Crippen molar-refractivity contribution < 1.29 is 27.8 Å². The monoisotopic (exact) mass is 460 g/mol. The van der Waals surface area contributed by atoms with Crippen LogP contribution >= 0.6 is 23.2 Å². The van der Waals surface area contributed by atoms with E-state index in [1.54, 1.807) is 18.2 Å². The SMILES string of the molecule is COc1ccc(CCNC(=O)C(C)NC(=O)c2cccc(Cl)c2Cl)cc1OC(F)F. The number of nitrogens with one attached hydrogen (secondary N) is 2. The maximum Gasteiger partial charge on any atom is 0.387 e. The molecule has 162 valence electrons. The zero-order chi connectivity index (χ0) is 22.3. The lowest BCUT2D eigenvalue weighted by atomic mass is 10.1. The Morgan fingerprint density at radius 2 is 1.87 bits per heavy atom. The van der Waals surface area contributed by atoms with Crippen LogP contribution in [-0.4, -0.2) is 38.1 Å². The molecule has 0 aromatic heterocycles. The summed E-state index contributed by atoms with van der Waals surface area (Å²) in [5.41, 5.74) is 0.822. The minimum atomic E-state index is -2.98. The number of ether oxygens (including phenoxy) is 2. The van der Waals surface area contributed by atoms with E-state index in [-0.39, 0.29) is 33.7 Å². The molecule has 0 aliphatic rings. The lowest BCUT2D eigenvalue weighted by Crippen LogP contribution is -2.45. The standard InChI is InChI=1S/C20H20Cl2F2N2O4/c1-11(26-19(28)13-4-3-5-14(21)17(13)22)18(27)25-9-8-12-6-7-15(29-2)16(10-12)30-20(23)24/h3-7,10-11,20H,8-9H2,1-2H3,(H,25,27)(H,26,28). The van der Waals surface area contributed by atoms with Gasteiger partial charge in [0.25, 0.3) is 5.91 Å². The van der Waals surface area contributed by atoms with Crippen molar-refractivity contribution in [1.82, 2.24) is 10.6 Å². The average Bonchev–Trinajstić information content (AvgIpc) is 2.69. The molecule has 0 saturated carbocycles. The molecule has 0 spiro atoms. The average molecular weight is 461 g/mol. The Kier molecular flexibility index (Phi) is 8.68. The van der Waals surface area contributed by atoms with Crippen LogP contribution in [0.5, 0.6) is 11.5 Å². The number of amides is 2. The number of benzene rings is 2. The molecule has 0 heterocycles. The van der Waals surface area contributed by atoms with Crippen molar-refractivity contribution >= 4 is 35.0 Å². The van der Waals surface area contributed by atoms with Crippen molar-refractivity contribution in [3.05, 3.63) is 57.6 Å². The van der Waals surface area contributed by atoms with Gasteiger partial charge in [0, 0.05) is 6.54 Å². The van der Waals surface area contributed by atoms with Crippen molar-refractivity contribution in [2.24, 2.45) is 0 Å².